The molecule has 0 radical (unpaired) electrons. The van der Waals surface area contributed by atoms with Crippen LogP contribution in [-0.4, -0.2) is 58.0 Å². The predicted molar refractivity (Wildman–Crippen MR) is 165 cm³/mol. The Bertz CT molecular complexity index is 1950. The quantitative estimate of drug-likeness (QED) is 0.197. The van der Waals surface area contributed by atoms with E-state index in [9.17, 15) is 22.8 Å². The lowest BCUT2D eigenvalue weighted by molar-refractivity contribution is -0.149. The molecule has 3 heterocycles. The number of aromatic nitrogens is 4. The zero-order valence-corrected chi connectivity index (χ0v) is 25.1. The summed E-state index contributed by atoms with van der Waals surface area (Å²) in [5.74, 6) is -3.20. The molecule has 1 atom stereocenters. The summed E-state index contributed by atoms with van der Waals surface area (Å²) in [5, 5.41) is 8.36. The third-order valence-corrected chi connectivity index (χ3v) is 7.81. The lowest BCUT2D eigenvalue weighted by Crippen LogP contribution is -2.35. The SMILES string of the molecule is CCOc1c(CC(N)=O)cc([C@@H](CNC(=O)c2cc(OC)c3nn(C4CC4)cc3c2)C(F)(F)F)nc1-c1ccc2ncccc2c1. The van der Waals surface area contributed by atoms with Gasteiger partial charge in [-0.05, 0) is 56.2 Å². The summed E-state index contributed by atoms with van der Waals surface area (Å²) >= 11 is 0. The number of carbonyl (C=O) groups is 2. The molecule has 46 heavy (non-hydrogen) atoms. The highest BCUT2D eigenvalue weighted by Crippen LogP contribution is 2.40. The van der Waals surface area contributed by atoms with E-state index in [1.807, 2.05) is 10.7 Å². The lowest BCUT2D eigenvalue weighted by atomic mass is 9.97. The van der Waals surface area contributed by atoms with E-state index in [2.05, 4.69) is 20.4 Å². The molecule has 1 aliphatic rings. The third kappa shape index (κ3) is 6.30. The topological polar surface area (TPSA) is 134 Å². The molecule has 0 saturated heterocycles. The Morgan fingerprint density at radius 3 is 2.63 bits per heavy atom. The molecule has 3 aromatic heterocycles. The zero-order valence-electron chi connectivity index (χ0n) is 25.1. The van der Waals surface area contributed by atoms with Gasteiger partial charge in [-0.25, -0.2) is 4.98 Å². The first kappa shape index (κ1) is 30.8. The maximum atomic E-state index is 14.7. The molecule has 5 aromatic rings. The van der Waals surface area contributed by atoms with E-state index in [1.54, 1.807) is 49.6 Å². The van der Waals surface area contributed by atoms with Gasteiger partial charge in [0, 0.05) is 46.4 Å². The Kier molecular flexibility index (Phi) is 8.24. The van der Waals surface area contributed by atoms with Crippen molar-refractivity contribution in [2.75, 3.05) is 20.3 Å². The second kappa shape index (κ2) is 12.3. The van der Waals surface area contributed by atoms with Crippen molar-refractivity contribution in [2.24, 2.45) is 5.73 Å². The fraction of sp³-hybridized carbons (Fsp3) is 0.303. The molecule has 2 aromatic carbocycles. The van der Waals surface area contributed by atoms with Crippen LogP contribution in [0.3, 0.4) is 0 Å². The number of nitrogens with two attached hydrogens (primary N) is 1. The van der Waals surface area contributed by atoms with Gasteiger partial charge in [0.05, 0.1) is 37.4 Å². The number of fused-ring (bicyclic) bond motifs is 2. The molecule has 2 amide bonds. The largest absolute Gasteiger partial charge is 0.494 e. The smallest absolute Gasteiger partial charge is 0.398 e. The number of carbonyl (C=O) groups excluding carboxylic acids is 2. The van der Waals surface area contributed by atoms with E-state index in [-0.39, 0.29) is 35.6 Å². The molecule has 6 rings (SSSR count). The van der Waals surface area contributed by atoms with E-state index in [4.69, 9.17) is 15.2 Å². The van der Waals surface area contributed by atoms with Crippen molar-refractivity contribution < 1.29 is 32.2 Å². The van der Waals surface area contributed by atoms with Crippen molar-refractivity contribution in [1.29, 1.82) is 0 Å². The number of primary amides is 1. The summed E-state index contributed by atoms with van der Waals surface area (Å²) in [5.41, 5.74) is 7.21. The van der Waals surface area contributed by atoms with E-state index in [0.717, 1.165) is 18.2 Å². The molecular weight excluding hydrogens is 601 g/mol. The van der Waals surface area contributed by atoms with Gasteiger partial charge in [0.2, 0.25) is 5.91 Å². The molecule has 238 valence electrons. The third-order valence-electron chi connectivity index (χ3n) is 7.81. The van der Waals surface area contributed by atoms with Gasteiger partial charge in [0.25, 0.3) is 5.91 Å². The molecule has 0 spiro atoms. The van der Waals surface area contributed by atoms with Crippen molar-refractivity contribution >= 4 is 33.6 Å². The molecule has 1 fully saturated rings. The standard InChI is InChI=1S/C33H31F3N6O4/c1-3-46-31-20(15-28(37)43)13-26(40-30(31)19-6-9-25-18(11-19)5-4-10-38-25)24(33(34,35)36)16-39-32(44)21-12-22-17-42(23-7-8-23)41-29(22)27(14-21)45-2/h4-6,9-14,17,23-24H,3,7-8,15-16H2,1-2H3,(H2,37,43)(H,39,44)/t24-/m1/s1. The van der Waals surface area contributed by atoms with Gasteiger partial charge in [-0.15, -0.1) is 0 Å². The number of benzene rings is 2. The van der Waals surface area contributed by atoms with Gasteiger partial charge in [-0.3, -0.25) is 19.3 Å². The molecule has 1 aliphatic carbocycles. The van der Waals surface area contributed by atoms with Crippen molar-refractivity contribution in [3.63, 3.8) is 0 Å². The van der Waals surface area contributed by atoms with Gasteiger partial charge in [-0.1, -0.05) is 12.1 Å². The predicted octanol–water partition coefficient (Wildman–Crippen LogP) is 5.49. The van der Waals surface area contributed by atoms with E-state index in [0.29, 0.717) is 33.8 Å². The highest BCUT2D eigenvalue weighted by molar-refractivity contribution is 6.00. The average molecular weight is 633 g/mol. The Hall–Kier alpha value is -5.20. The minimum atomic E-state index is -4.81. The Morgan fingerprint density at radius 1 is 1.13 bits per heavy atom. The number of hydrogen-bond acceptors (Lipinski definition) is 7. The fourth-order valence-electron chi connectivity index (χ4n) is 5.45. The van der Waals surface area contributed by atoms with E-state index in [1.165, 1.54) is 19.2 Å². The number of amides is 2. The monoisotopic (exact) mass is 632 g/mol. The van der Waals surface area contributed by atoms with Crippen LogP contribution in [0.25, 0.3) is 33.1 Å². The van der Waals surface area contributed by atoms with Gasteiger partial charge in [0.15, 0.2) is 0 Å². The number of halogens is 3. The van der Waals surface area contributed by atoms with Crippen molar-refractivity contribution in [3.05, 3.63) is 77.7 Å². The normalized spacial score (nSPS) is 13.9. The van der Waals surface area contributed by atoms with Crippen molar-refractivity contribution in [2.45, 2.75) is 44.3 Å². The molecule has 0 aliphatic heterocycles. The van der Waals surface area contributed by atoms with Crippen LogP contribution in [-0.2, 0) is 11.2 Å². The number of hydrogen-bond donors (Lipinski definition) is 2. The molecule has 0 bridgehead atoms. The van der Waals surface area contributed by atoms with Crippen LogP contribution in [0.2, 0.25) is 0 Å². The van der Waals surface area contributed by atoms with Gasteiger partial charge >= 0.3 is 6.18 Å². The summed E-state index contributed by atoms with van der Waals surface area (Å²) < 4.78 is 57.2. The first-order chi connectivity index (χ1) is 22.0. The Labute approximate surface area is 261 Å². The number of alkyl halides is 3. The summed E-state index contributed by atoms with van der Waals surface area (Å²) in [6, 6.07) is 13.2. The van der Waals surface area contributed by atoms with E-state index >= 15 is 0 Å². The maximum absolute atomic E-state index is 14.7. The minimum Gasteiger partial charge on any atom is -0.494 e. The molecular formula is C33H31F3N6O4. The second-order valence-electron chi connectivity index (χ2n) is 11.1. The molecule has 1 saturated carbocycles. The lowest BCUT2D eigenvalue weighted by Gasteiger charge is -2.23. The van der Waals surface area contributed by atoms with Crippen LogP contribution >= 0.6 is 0 Å². The van der Waals surface area contributed by atoms with Crippen molar-refractivity contribution in [1.82, 2.24) is 25.1 Å². The zero-order chi connectivity index (χ0) is 32.6. The van der Waals surface area contributed by atoms with Gasteiger partial charge < -0.3 is 20.5 Å². The van der Waals surface area contributed by atoms with Crippen LogP contribution in [0.4, 0.5) is 13.2 Å². The number of methoxy groups -OCH3 is 1. The number of pyridine rings is 2. The first-order valence-electron chi connectivity index (χ1n) is 14.8. The number of ether oxygens (including phenoxy) is 2. The Balaban J connectivity index is 1.37. The number of nitrogens with zero attached hydrogens (tertiary/aromatic N) is 4. The Morgan fingerprint density at radius 2 is 1.93 bits per heavy atom. The van der Waals surface area contributed by atoms with Crippen molar-refractivity contribution in [3.8, 4) is 22.8 Å². The number of nitrogens with one attached hydrogen (secondary N) is 1. The molecule has 0 unspecified atom stereocenters. The van der Waals surface area contributed by atoms with Crippen LogP contribution in [0.15, 0.2) is 60.9 Å². The van der Waals surface area contributed by atoms with Gasteiger partial charge in [0.1, 0.15) is 28.6 Å². The number of rotatable bonds is 11. The molecule has 3 N–H and O–H groups in total. The van der Waals surface area contributed by atoms with Crippen LogP contribution in [0, 0.1) is 0 Å². The summed E-state index contributed by atoms with van der Waals surface area (Å²) in [7, 11) is 1.44. The average Bonchev–Trinajstić information content (AvgIpc) is 3.78. The summed E-state index contributed by atoms with van der Waals surface area (Å²) in [6.07, 6.45) is 0.258. The van der Waals surface area contributed by atoms with Crippen LogP contribution in [0.5, 0.6) is 11.5 Å². The van der Waals surface area contributed by atoms with E-state index < -0.39 is 36.1 Å². The highest BCUT2D eigenvalue weighted by atomic mass is 19.4. The van der Waals surface area contributed by atoms with Gasteiger partial charge in [-0.2, -0.15) is 18.3 Å². The molecule has 13 heteroatoms. The highest BCUT2D eigenvalue weighted by Gasteiger charge is 2.43. The summed E-state index contributed by atoms with van der Waals surface area (Å²) in [6.45, 7) is 1.07. The summed E-state index contributed by atoms with van der Waals surface area (Å²) in [4.78, 5) is 34.0. The fourth-order valence-corrected chi connectivity index (χ4v) is 5.45. The minimum absolute atomic E-state index is 0.116. The first-order valence-corrected chi connectivity index (χ1v) is 14.8. The molecule has 10 nitrogen and oxygen atoms in total. The second-order valence-corrected chi connectivity index (χ2v) is 11.1. The maximum Gasteiger partial charge on any atom is 0.398 e. The van der Waals surface area contributed by atoms with Crippen LogP contribution in [0.1, 0.15) is 53.3 Å². The van der Waals surface area contributed by atoms with Crippen LogP contribution < -0.4 is 20.5 Å².